The molecule has 36 heavy (non-hydrogen) atoms. The zero-order valence-corrected chi connectivity index (χ0v) is 21.4. The molecular formula is C25H26ClF3N4O2S. The van der Waals surface area contributed by atoms with Crippen LogP contribution in [0.2, 0.25) is 0 Å². The summed E-state index contributed by atoms with van der Waals surface area (Å²) in [5.74, 6) is 0.564. The first-order valence-corrected chi connectivity index (χ1v) is 12.2. The molecule has 0 N–H and O–H groups in total. The minimum absolute atomic E-state index is 0. The molecule has 2 aromatic heterocycles. The van der Waals surface area contributed by atoms with Crippen LogP contribution in [0.1, 0.15) is 21.7 Å². The van der Waals surface area contributed by atoms with Crippen molar-refractivity contribution in [2.75, 3.05) is 43.5 Å². The number of thiophene rings is 1. The van der Waals surface area contributed by atoms with Gasteiger partial charge in [0.2, 0.25) is 0 Å². The Morgan fingerprint density at radius 3 is 2.47 bits per heavy atom. The number of fused-ring (bicyclic) bond motifs is 1. The molecule has 11 heteroatoms. The number of anilines is 2. The molecule has 1 saturated heterocycles. The summed E-state index contributed by atoms with van der Waals surface area (Å²) >= 11 is 1.35. The Bertz CT molecular complexity index is 1220. The fraction of sp³-hybridized carbons (Fsp3) is 0.360. The molecule has 6 nitrogen and oxygen atoms in total. The fourth-order valence-electron chi connectivity index (χ4n) is 4.56. The number of aromatic nitrogens is 1. The normalized spacial score (nSPS) is 17.8. The van der Waals surface area contributed by atoms with Crippen LogP contribution in [-0.2, 0) is 6.42 Å². The molecule has 0 bridgehead atoms. The van der Waals surface area contributed by atoms with E-state index in [4.69, 9.17) is 0 Å². The molecule has 1 amide bonds. The summed E-state index contributed by atoms with van der Waals surface area (Å²) in [6.45, 7) is 2.45. The Kier molecular flexibility index (Phi) is 7.49. The Morgan fingerprint density at radius 2 is 1.86 bits per heavy atom. The van der Waals surface area contributed by atoms with Crippen LogP contribution in [0.5, 0.6) is 5.75 Å². The molecule has 1 unspecified atom stereocenters. The summed E-state index contributed by atoms with van der Waals surface area (Å²) in [6, 6.07) is 12.1. The number of ether oxygens (including phenoxy) is 1. The van der Waals surface area contributed by atoms with Crippen molar-refractivity contribution in [3.05, 3.63) is 59.1 Å². The number of hydrogen-bond acceptors (Lipinski definition) is 6. The molecular weight excluding hydrogens is 513 g/mol. The van der Waals surface area contributed by atoms with Crippen LogP contribution in [0.4, 0.5) is 24.7 Å². The van der Waals surface area contributed by atoms with Crippen LogP contribution in [0.15, 0.2) is 48.7 Å². The third kappa shape index (κ3) is 5.45. The number of likely N-dealkylation sites (N-methyl/N-ethyl adjacent to an activating group) is 1. The third-order valence-corrected chi connectivity index (χ3v) is 7.70. The standard InChI is InChI=1S/C25H25F3N4O2S.ClH/c1-30(2)19-10-11-31(15-19)22-8-5-18(14-29-22)32-12-9-17-13-21(35-23(17)24(32)33)16-3-6-20(7-4-16)34-25(26,27)28;/h3-8,13-14,19H,9-12,15H2,1-2H3;1H. The van der Waals surface area contributed by atoms with E-state index >= 15 is 0 Å². The molecule has 1 fully saturated rings. The van der Waals surface area contributed by atoms with E-state index in [-0.39, 0.29) is 24.1 Å². The summed E-state index contributed by atoms with van der Waals surface area (Å²) in [5, 5.41) is 0. The Hall–Kier alpha value is -2.82. The molecule has 0 radical (unpaired) electrons. The maximum absolute atomic E-state index is 13.3. The van der Waals surface area contributed by atoms with E-state index in [1.165, 1.54) is 23.5 Å². The lowest BCUT2D eigenvalue weighted by Gasteiger charge is -2.27. The van der Waals surface area contributed by atoms with Crippen LogP contribution in [0, 0.1) is 0 Å². The molecule has 3 aromatic rings. The minimum Gasteiger partial charge on any atom is -0.406 e. The van der Waals surface area contributed by atoms with Gasteiger partial charge in [0.1, 0.15) is 11.6 Å². The first-order chi connectivity index (χ1) is 16.7. The lowest BCUT2D eigenvalue weighted by molar-refractivity contribution is -0.274. The highest BCUT2D eigenvalue weighted by atomic mass is 35.5. The molecule has 2 aliphatic heterocycles. The summed E-state index contributed by atoms with van der Waals surface area (Å²) in [6.07, 6.45) is -1.17. The van der Waals surface area contributed by atoms with Gasteiger partial charge in [-0.15, -0.1) is 36.9 Å². The highest BCUT2D eigenvalue weighted by Crippen LogP contribution is 2.37. The van der Waals surface area contributed by atoms with Gasteiger partial charge in [0.25, 0.3) is 5.91 Å². The van der Waals surface area contributed by atoms with Gasteiger partial charge in [0.05, 0.1) is 16.8 Å². The Balaban J connectivity index is 0.00000304. The number of halogens is 4. The summed E-state index contributed by atoms with van der Waals surface area (Å²) < 4.78 is 41.2. The lowest BCUT2D eigenvalue weighted by atomic mass is 10.1. The number of rotatable bonds is 5. The average molecular weight is 539 g/mol. The van der Waals surface area contributed by atoms with E-state index in [0.29, 0.717) is 23.9 Å². The minimum atomic E-state index is -4.73. The van der Waals surface area contributed by atoms with Crippen molar-refractivity contribution in [2.24, 2.45) is 0 Å². The quantitative estimate of drug-likeness (QED) is 0.431. The number of benzene rings is 1. The van der Waals surface area contributed by atoms with Gasteiger partial charge in [0, 0.05) is 30.6 Å². The predicted molar refractivity (Wildman–Crippen MR) is 138 cm³/mol. The Labute approximate surface area is 217 Å². The number of carbonyl (C=O) groups is 1. The van der Waals surface area contributed by atoms with Gasteiger partial charge in [0.15, 0.2) is 0 Å². The number of alkyl halides is 3. The topological polar surface area (TPSA) is 48.9 Å². The van der Waals surface area contributed by atoms with Crippen LogP contribution in [0.25, 0.3) is 10.4 Å². The molecule has 0 spiro atoms. The van der Waals surface area contributed by atoms with E-state index in [9.17, 15) is 18.0 Å². The molecule has 2 aliphatic rings. The van der Waals surface area contributed by atoms with Crippen molar-refractivity contribution in [1.82, 2.24) is 9.88 Å². The van der Waals surface area contributed by atoms with Crippen molar-refractivity contribution >= 4 is 41.2 Å². The van der Waals surface area contributed by atoms with Crippen molar-refractivity contribution in [1.29, 1.82) is 0 Å². The molecule has 4 heterocycles. The van der Waals surface area contributed by atoms with Gasteiger partial charge in [-0.2, -0.15) is 0 Å². The van der Waals surface area contributed by atoms with Gasteiger partial charge >= 0.3 is 6.36 Å². The van der Waals surface area contributed by atoms with Crippen LogP contribution in [0.3, 0.4) is 0 Å². The van der Waals surface area contributed by atoms with E-state index in [1.807, 2.05) is 18.2 Å². The molecule has 0 saturated carbocycles. The monoisotopic (exact) mass is 538 g/mol. The summed E-state index contributed by atoms with van der Waals surface area (Å²) in [5.41, 5.74) is 2.46. The smallest absolute Gasteiger partial charge is 0.406 e. The third-order valence-electron chi connectivity index (χ3n) is 6.49. The summed E-state index contributed by atoms with van der Waals surface area (Å²) in [7, 11) is 4.18. The largest absolute Gasteiger partial charge is 0.573 e. The summed E-state index contributed by atoms with van der Waals surface area (Å²) in [4.78, 5) is 25.6. The zero-order valence-electron chi connectivity index (χ0n) is 19.8. The highest BCUT2D eigenvalue weighted by Gasteiger charge is 2.32. The number of carbonyl (C=O) groups excluding carboxylic acids is 1. The number of amides is 1. The van der Waals surface area contributed by atoms with Crippen LogP contribution in [-0.4, -0.2) is 61.9 Å². The van der Waals surface area contributed by atoms with E-state index in [2.05, 4.69) is 33.6 Å². The van der Waals surface area contributed by atoms with Crippen LogP contribution >= 0.6 is 23.7 Å². The highest BCUT2D eigenvalue weighted by molar-refractivity contribution is 7.17. The molecule has 5 rings (SSSR count). The fourth-order valence-corrected chi connectivity index (χ4v) is 5.72. The van der Waals surface area contributed by atoms with Gasteiger partial charge < -0.3 is 19.4 Å². The second-order valence-electron chi connectivity index (χ2n) is 8.97. The van der Waals surface area contributed by atoms with Crippen molar-refractivity contribution in [3.8, 4) is 16.2 Å². The second-order valence-corrected chi connectivity index (χ2v) is 10.0. The van der Waals surface area contributed by atoms with Crippen molar-refractivity contribution < 1.29 is 22.7 Å². The SMILES string of the molecule is CN(C)C1CCN(c2ccc(N3CCc4cc(-c5ccc(OC(F)(F)F)cc5)sc4C3=O)cn2)C1.Cl. The van der Waals surface area contributed by atoms with Crippen LogP contribution < -0.4 is 14.5 Å². The van der Waals surface area contributed by atoms with E-state index in [0.717, 1.165) is 47.0 Å². The molecule has 1 atom stereocenters. The van der Waals surface area contributed by atoms with Gasteiger partial charge in [-0.25, -0.2) is 4.98 Å². The maximum atomic E-state index is 13.3. The Morgan fingerprint density at radius 1 is 1.11 bits per heavy atom. The van der Waals surface area contributed by atoms with Gasteiger partial charge in [-0.3, -0.25) is 4.79 Å². The van der Waals surface area contributed by atoms with Gasteiger partial charge in [-0.1, -0.05) is 0 Å². The van der Waals surface area contributed by atoms with Crippen molar-refractivity contribution in [3.63, 3.8) is 0 Å². The lowest BCUT2D eigenvalue weighted by Crippen LogP contribution is -2.36. The molecule has 0 aliphatic carbocycles. The average Bonchev–Trinajstić information content (AvgIpc) is 3.47. The predicted octanol–water partition coefficient (Wildman–Crippen LogP) is 5.47. The van der Waals surface area contributed by atoms with E-state index in [1.54, 1.807) is 23.2 Å². The first-order valence-electron chi connectivity index (χ1n) is 11.4. The molecule has 1 aromatic carbocycles. The zero-order chi connectivity index (χ0) is 24.7. The molecule has 192 valence electrons. The number of nitrogens with zero attached hydrogens (tertiary/aromatic N) is 4. The van der Waals surface area contributed by atoms with E-state index < -0.39 is 6.36 Å². The maximum Gasteiger partial charge on any atom is 0.573 e. The second kappa shape index (κ2) is 10.3. The van der Waals surface area contributed by atoms with Crippen molar-refractivity contribution in [2.45, 2.75) is 25.2 Å². The van der Waals surface area contributed by atoms with Gasteiger partial charge in [-0.05, 0) is 80.5 Å². The number of pyridine rings is 1. The number of hydrogen-bond donors (Lipinski definition) is 0. The first kappa shape index (κ1) is 26.2.